The van der Waals surface area contributed by atoms with Gasteiger partial charge in [0.15, 0.2) is 6.61 Å². The van der Waals surface area contributed by atoms with Gasteiger partial charge in [0.25, 0.3) is 5.91 Å². The van der Waals surface area contributed by atoms with E-state index in [0.29, 0.717) is 16.7 Å². The molecule has 0 aromatic heterocycles. The van der Waals surface area contributed by atoms with Gasteiger partial charge in [-0.15, -0.1) is 0 Å². The maximum absolute atomic E-state index is 13.1. The first-order chi connectivity index (χ1) is 14.6. The summed E-state index contributed by atoms with van der Waals surface area (Å²) >= 11 is 9.61. The summed E-state index contributed by atoms with van der Waals surface area (Å²) in [5.41, 5.74) is 2.01. The highest BCUT2D eigenvalue weighted by molar-refractivity contribution is 9.10. The molecule has 0 aliphatic carbocycles. The molecule has 168 valence electrons. The molecule has 0 saturated carbocycles. The zero-order valence-electron chi connectivity index (χ0n) is 18.6. The summed E-state index contributed by atoms with van der Waals surface area (Å²) in [5, 5.41) is 3.45. The van der Waals surface area contributed by atoms with Crippen LogP contribution in [-0.4, -0.2) is 35.4 Å². The van der Waals surface area contributed by atoms with E-state index in [4.69, 9.17) is 16.3 Å². The molecule has 0 heterocycles. The van der Waals surface area contributed by atoms with Gasteiger partial charge in [-0.3, -0.25) is 9.59 Å². The number of halogens is 2. The maximum atomic E-state index is 13.1. The smallest absolute Gasteiger partial charge is 0.261 e. The van der Waals surface area contributed by atoms with Crippen LogP contribution < -0.4 is 10.1 Å². The number of benzene rings is 2. The van der Waals surface area contributed by atoms with Gasteiger partial charge in [0, 0.05) is 17.6 Å². The van der Waals surface area contributed by atoms with Gasteiger partial charge in [0.2, 0.25) is 5.91 Å². The van der Waals surface area contributed by atoms with Crippen LogP contribution in [0.3, 0.4) is 0 Å². The highest BCUT2D eigenvalue weighted by Gasteiger charge is 2.27. The molecule has 0 spiro atoms. The zero-order valence-corrected chi connectivity index (χ0v) is 21.0. The van der Waals surface area contributed by atoms with E-state index >= 15 is 0 Å². The Labute approximate surface area is 198 Å². The van der Waals surface area contributed by atoms with Crippen LogP contribution in [0, 0.1) is 0 Å². The first-order valence-corrected chi connectivity index (χ1v) is 11.5. The third-order valence-corrected chi connectivity index (χ3v) is 5.67. The van der Waals surface area contributed by atoms with Crippen LogP contribution in [0.5, 0.6) is 5.75 Å². The Balaban J connectivity index is 2.18. The monoisotopic (exact) mass is 508 g/mol. The van der Waals surface area contributed by atoms with Gasteiger partial charge in [0.1, 0.15) is 11.8 Å². The normalized spacial score (nSPS) is 12.0. The standard InChI is InChI=1S/C24H30BrClN2O3/c1-15(2)19-9-10-22(21(25)12-19)31-14-23(29)28(17(5)24(30)27-16(3)4)13-18-7-6-8-20(26)11-18/h6-12,15-17H,13-14H2,1-5H3,(H,27,30). The first kappa shape index (κ1) is 25.2. The van der Waals surface area contributed by atoms with Crippen LogP contribution in [0.1, 0.15) is 51.7 Å². The Bertz CT molecular complexity index is 917. The second-order valence-corrected chi connectivity index (χ2v) is 9.41. The minimum absolute atomic E-state index is 0.0234. The van der Waals surface area contributed by atoms with E-state index in [2.05, 4.69) is 35.1 Å². The number of amides is 2. The molecule has 2 rings (SSSR count). The number of rotatable bonds is 9. The maximum Gasteiger partial charge on any atom is 0.261 e. The van der Waals surface area contributed by atoms with Crippen LogP contribution >= 0.6 is 27.5 Å². The van der Waals surface area contributed by atoms with Crippen molar-refractivity contribution in [2.75, 3.05) is 6.61 Å². The largest absolute Gasteiger partial charge is 0.483 e. The van der Waals surface area contributed by atoms with Crippen LogP contribution in [0.4, 0.5) is 0 Å². The highest BCUT2D eigenvalue weighted by Crippen LogP contribution is 2.29. The van der Waals surface area contributed by atoms with E-state index in [1.165, 1.54) is 10.5 Å². The summed E-state index contributed by atoms with van der Waals surface area (Å²) < 4.78 is 6.58. The molecule has 31 heavy (non-hydrogen) atoms. The van der Waals surface area contributed by atoms with Crippen LogP contribution in [0.15, 0.2) is 46.9 Å². The first-order valence-electron chi connectivity index (χ1n) is 10.3. The average molecular weight is 510 g/mol. The summed E-state index contributed by atoms with van der Waals surface area (Å²) in [4.78, 5) is 27.2. The zero-order chi connectivity index (χ0) is 23.1. The third-order valence-electron chi connectivity index (χ3n) is 4.81. The van der Waals surface area contributed by atoms with Crippen molar-refractivity contribution in [1.29, 1.82) is 0 Å². The molecule has 2 amide bonds. The molecule has 7 heteroatoms. The van der Waals surface area contributed by atoms with Crippen molar-refractivity contribution in [3.05, 3.63) is 63.1 Å². The molecule has 1 N–H and O–H groups in total. The molecule has 0 saturated heterocycles. The lowest BCUT2D eigenvalue weighted by atomic mass is 10.0. The molecular weight excluding hydrogens is 480 g/mol. The lowest BCUT2D eigenvalue weighted by molar-refractivity contribution is -0.142. The lowest BCUT2D eigenvalue weighted by Crippen LogP contribution is -2.50. The van der Waals surface area contributed by atoms with E-state index < -0.39 is 6.04 Å². The van der Waals surface area contributed by atoms with Crippen molar-refractivity contribution in [3.63, 3.8) is 0 Å². The molecule has 0 fully saturated rings. The molecule has 0 bridgehead atoms. The number of carbonyl (C=O) groups excluding carboxylic acids is 2. The van der Waals surface area contributed by atoms with Crippen LogP contribution in [-0.2, 0) is 16.1 Å². The van der Waals surface area contributed by atoms with E-state index in [9.17, 15) is 9.59 Å². The third kappa shape index (κ3) is 7.54. The summed E-state index contributed by atoms with van der Waals surface area (Å²) in [6, 6.07) is 12.4. The number of nitrogens with one attached hydrogen (secondary N) is 1. The van der Waals surface area contributed by atoms with Gasteiger partial charge in [-0.25, -0.2) is 0 Å². The Morgan fingerprint density at radius 3 is 2.39 bits per heavy atom. The summed E-state index contributed by atoms with van der Waals surface area (Å²) in [6.45, 7) is 9.78. The SMILES string of the molecule is CC(C)NC(=O)C(C)N(Cc1cccc(Cl)c1)C(=O)COc1ccc(C(C)C)cc1Br. The number of ether oxygens (including phenoxy) is 1. The lowest BCUT2D eigenvalue weighted by Gasteiger charge is -2.29. The van der Waals surface area contributed by atoms with Crippen LogP contribution in [0.25, 0.3) is 0 Å². The second kappa shape index (κ2) is 11.5. The van der Waals surface area contributed by atoms with Crippen molar-refractivity contribution in [2.45, 2.75) is 59.2 Å². The predicted octanol–water partition coefficient (Wildman–Crippen LogP) is 5.55. The Kier molecular flexibility index (Phi) is 9.38. The molecular formula is C24H30BrClN2O3. The number of hydrogen-bond acceptors (Lipinski definition) is 3. The van der Waals surface area contributed by atoms with Gasteiger partial charge in [-0.05, 0) is 78.0 Å². The molecule has 0 aliphatic rings. The Hall–Kier alpha value is -2.05. The van der Waals surface area contributed by atoms with Crippen LogP contribution in [0.2, 0.25) is 5.02 Å². The molecule has 0 aliphatic heterocycles. The minimum atomic E-state index is -0.663. The fraction of sp³-hybridized carbons (Fsp3) is 0.417. The van der Waals surface area contributed by atoms with Gasteiger partial charge in [-0.2, -0.15) is 0 Å². The van der Waals surface area contributed by atoms with E-state index in [1.807, 2.05) is 44.2 Å². The molecule has 2 aromatic carbocycles. The highest BCUT2D eigenvalue weighted by atomic mass is 79.9. The van der Waals surface area contributed by atoms with Crippen molar-refractivity contribution >= 4 is 39.3 Å². The summed E-state index contributed by atoms with van der Waals surface area (Å²) in [7, 11) is 0. The molecule has 5 nitrogen and oxygen atoms in total. The summed E-state index contributed by atoms with van der Waals surface area (Å²) in [5.74, 6) is 0.472. The summed E-state index contributed by atoms with van der Waals surface area (Å²) in [6.07, 6.45) is 0. The minimum Gasteiger partial charge on any atom is -0.483 e. The molecule has 2 aromatic rings. The molecule has 1 atom stereocenters. The Morgan fingerprint density at radius 2 is 1.81 bits per heavy atom. The predicted molar refractivity (Wildman–Crippen MR) is 128 cm³/mol. The van der Waals surface area contributed by atoms with Gasteiger partial charge < -0.3 is 15.0 Å². The van der Waals surface area contributed by atoms with Crippen molar-refractivity contribution in [3.8, 4) is 5.75 Å². The average Bonchev–Trinajstić information content (AvgIpc) is 2.69. The quantitative estimate of drug-likeness (QED) is 0.482. The fourth-order valence-corrected chi connectivity index (χ4v) is 3.76. The van der Waals surface area contributed by atoms with E-state index in [-0.39, 0.29) is 31.0 Å². The fourth-order valence-electron chi connectivity index (χ4n) is 3.04. The topological polar surface area (TPSA) is 58.6 Å². The molecule has 1 unspecified atom stereocenters. The van der Waals surface area contributed by atoms with E-state index in [1.54, 1.807) is 19.1 Å². The van der Waals surface area contributed by atoms with Crippen molar-refractivity contribution in [2.24, 2.45) is 0 Å². The van der Waals surface area contributed by atoms with Crippen molar-refractivity contribution < 1.29 is 14.3 Å². The van der Waals surface area contributed by atoms with E-state index in [0.717, 1.165) is 10.0 Å². The number of nitrogens with zero attached hydrogens (tertiary/aromatic N) is 1. The van der Waals surface area contributed by atoms with Gasteiger partial charge in [0.05, 0.1) is 4.47 Å². The molecule has 0 radical (unpaired) electrons. The van der Waals surface area contributed by atoms with Crippen molar-refractivity contribution in [1.82, 2.24) is 10.2 Å². The number of carbonyl (C=O) groups is 2. The number of hydrogen-bond donors (Lipinski definition) is 1. The van der Waals surface area contributed by atoms with Gasteiger partial charge in [-0.1, -0.05) is 43.6 Å². The van der Waals surface area contributed by atoms with Gasteiger partial charge >= 0.3 is 0 Å². The Morgan fingerprint density at radius 1 is 1.10 bits per heavy atom. The second-order valence-electron chi connectivity index (χ2n) is 8.12.